The Morgan fingerprint density at radius 2 is 2.46 bits per heavy atom. The fraction of sp³-hybridized carbons (Fsp3) is 0.667. The molecule has 0 fully saturated rings. The van der Waals surface area contributed by atoms with Crippen LogP contribution in [0.4, 0.5) is 5.82 Å². The van der Waals surface area contributed by atoms with Gasteiger partial charge in [0.15, 0.2) is 0 Å². The quantitative estimate of drug-likeness (QED) is 0.713. The number of aryl methyl sites for hydroxylation is 1. The van der Waals surface area contributed by atoms with E-state index in [9.17, 15) is 0 Å². The van der Waals surface area contributed by atoms with Gasteiger partial charge in [0.1, 0.15) is 5.82 Å². The highest BCUT2D eigenvalue weighted by Crippen LogP contribution is 2.01. The lowest BCUT2D eigenvalue weighted by atomic mass is 10.2. The molecule has 0 aromatic carbocycles. The van der Waals surface area contributed by atoms with Crippen LogP contribution >= 0.6 is 0 Å². The minimum atomic E-state index is 0.302. The van der Waals surface area contributed by atoms with Crippen LogP contribution in [0.5, 0.6) is 0 Å². The van der Waals surface area contributed by atoms with E-state index in [-0.39, 0.29) is 0 Å². The van der Waals surface area contributed by atoms with Crippen molar-refractivity contribution in [2.24, 2.45) is 12.8 Å². The second-order valence-electron chi connectivity index (χ2n) is 3.26. The topological polar surface area (TPSA) is 55.9 Å². The average molecular weight is 182 g/mol. The third-order valence-electron chi connectivity index (χ3n) is 2.06. The molecular weight excluding hydrogens is 164 g/mol. The molecule has 0 saturated carbocycles. The van der Waals surface area contributed by atoms with Gasteiger partial charge in [0.05, 0.1) is 0 Å². The lowest BCUT2D eigenvalue weighted by Gasteiger charge is -2.08. The first kappa shape index (κ1) is 10.1. The molecule has 1 atom stereocenters. The van der Waals surface area contributed by atoms with Gasteiger partial charge in [-0.15, -0.1) is 0 Å². The van der Waals surface area contributed by atoms with Crippen molar-refractivity contribution < 1.29 is 0 Å². The first-order valence-electron chi connectivity index (χ1n) is 4.71. The number of aromatic nitrogens is 2. The third-order valence-corrected chi connectivity index (χ3v) is 2.06. The zero-order valence-electron chi connectivity index (χ0n) is 8.33. The summed E-state index contributed by atoms with van der Waals surface area (Å²) in [4.78, 5) is 0. The van der Waals surface area contributed by atoms with E-state index in [0.717, 1.165) is 25.2 Å². The molecule has 0 radical (unpaired) electrons. The molecule has 1 aromatic heterocycles. The monoisotopic (exact) mass is 182 g/mol. The van der Waals surface area contributed by atoms with Gasteiger partial charge < -0.3 is 11.1 Å². The summed E-state index contributed by atoms with van der Waals surface area (Å²) in [6.45, 7) is 3.00. The summed E-state index contributed by atoms with van der Waals surface area (Å²) in [5.41, 5.74) is 5.78. The van der Waals surface area contributed by atoms with Gasteiger partial charge in [-0.25, -0.2) is 0 Å². The van der Waals surface area contributed by atoms with Gasteiger partial charge in [-0.3, -0.25) is 4.68 Å². The molecule has 0 aliphatic rings. The molecule has 0 bridgehead atoms. The molecule has 1 aromatic rings. The lowest BCUT2D eigenvalue weighted by Crippen LogP contribution is -2.22. The lowest BCUT2D eigenvalue weighted by molar-refractivity contribution is 0.612. The predicted octanol–water partition coefficient (Wildman–Crippen LogP) is 0.959. The fourth-order valence-electron chi connectivity index (χ4n) is 1.10. The summed E-state index contributed by atoms with van der Waals surface area (Å²) in [7, 11) is 1.91. The van der Waals surface area contributed by atoms with Gasteiger partial charge in [-0.1, -0.05) is 6.92 Å². The van der Waals surface area contributed by atoms with Crippen molar-refractivity contribution in [2.75, 3.05) is 11.9 Å². The zero-order valence-corrected chi connectivity index (χ0v) is 8.33. The van der Waals surface area contributed by atoms with Gasteiger partial charge in [-0.2, -0.15) is 5.10 Å². The van der Waals surface area contributed by atoms with Crippen LogP contribution in [0.1, 0.15) is 19.8 Å². The Labute approximate surface area is 79.1 Å². The largest absolute Gasteiger partial charge is 0.369 e. The molecule has 1 heterocycles. The number of nitrogens with zero attached hydrogens (tertiary/aromatic N) is 2. The van der Waals surface area contributed by atoms with Crippen LogP contribution in [0.15, 0.2) is 12.3 Å². The first-order chi connectivity index (χ1) is 6.22. The zero-order chi connectivity index (χ0) is 9.68. The maximum absolute atomic E-state index is 5.78. The summed E-state index contributed by atoms with van der Waals surface area (Å²) < 4.78 is 1.78. The standard InChI is InChI=1S/C9H18N4/c1-3-8(10)4-6-11-9-5-7-13(2)12-9/h5,7-8H,3-4,6,10H2,1-2H3,(H,11,12). The molecular formula is C9H18N4. The Morgan fingerprint density at radius 1 is 1.69 bits per heavy atom. The Bertz CT molecular complexity index is 244. The Balaban J connectivity index is 2.20. The maximum Gasteiger partial charge on any atom is 0.147 e. The van der Waals surface area contributed by atoms with Crippen molar-refractivity contribution in [1.29, 1.82) is 0 Å². The SMILES string of the molecule is CCC(N)CCNc1ccn(C)n1. The van der Waals surface area contributed by atoms with Crippen molar-refractivity contribution >= 4 is 5.82 Å². The molecule has 0 aliphatic carbocycles. The molecule has 3 N–H and O–H groups in total. The van der Waals surface area contributed by atoms with Crippen LogP contribution in [0.3, 0.4) is 0 Å². The number of anilines is 1. The molecule has 4 heteroatoms. The van der Waals surface area contributed by atoms with Crippen LogP contribution in [0.25, 0.3) is 0 Å². The van der Waals surface area contributed by atoms with Crippen molar-refractivity contribution in [3.63, 3.8) is 0 Å². The molecule has 13 heavy (non-hydrogen) atoms. The molecule has 0 spiro atoms. The number of rotatable bonds is 5. The van der Waals surface area contributed by atoms with Crippen LogP contribution in [0.2, 0.25) is 0 Å². The predicted molar refractivity (Wildman–Crippen MR) is 54.6 cm³/mol. The van der Waals surface area contributed by atoms with Gasteiger partial charge in [0, 0.05) is 31.9 Å². The minimum Gasteiger partial charge on any atom is -0.369 e. The Morgan fingerprint density at radius 3 is 3.00 bits per heavy atom. The minimum absolute atomic E-state index is 0.302. The molecule has 4 nitrogen and oxygen atoms in total. The van der Waals surface area contributed by atoms with E-state index in [1.54, 1.807) is 4.68 Å². The highest BCUT2D eigenvalue weighted by molar-refractivity contribution is 5.31. The number of hydrogen-bond donors (Lipinski definition) is 2. The van der Waals surface area contributed by atoms with E-state index in [0.29, 0.717) is 6.04 Å². The fourth-order valence-corrected chi connectivity index (χ4v) is 1.10. The third kappa shape index (κ3) is 3.46. The van der Waals surface area contributed by atoms with Crippen LogP contribution in [-0.2, 0) is 7.05 Å². The molecule has 0 aliphatic heterocycles. The van der Waals surface area contributed by atoms with Crippen molar-refractivity contribution in [2.45, 2.75) is 25.8 Å². The summed E-state index contributed by atoms with van der Waals surface area (Å²) in [5.74, 6) is 0.922. The van der Waals surface area contributed by atoms with Gasteiger partial charge >= 0.3 is 0 Å². The molecule has 74 valence electrons. The van der Waals surface area contributed by atoms with Crippen LogP contribution in [-0.4, -0.2) is 22.4 Å². The molecule has 1 unspecified atom stereocenters. The van der Waals surface area contributed by atoms with Crippen LogP contribution in [0, 0.1) is 0 Å². The summed E-state index contributed by atoms with van der Waals surface area (Å²) in [6, 6.07) is 2.26. The van der Waals surface area contributed by atoms with Crippen molar-refractivity contribution in [3.8, 4) is 0 Å². The molecule has 0 saturated heterocycles. The molecule has 1 rings (SSSR count). The van der Waals surface area contributed by atoms with E-state index in [1.807, 2.05) is 19.3 Å². The normalized spacial score (nSPS) is 12.8. The van der Waals surface area contributed by atoms with E-state index in [4.69, 9.17) is 5.73 Å². The summed E-state index contributed by atoms with van der Waals surface area (Å²) in [5, 5.41) is 7.42. The number of nitrogens with one attached hydrogen (secondary N) is 1. The Hall–Kier alpha value is -1.03. The number of nitrogens with two attached hydrogens (primary N) is 1. The van der Waals surface area contributed by atoms with E-state index >= 15 is 0 Å². The summed E-state index contributed by atoms with van der Waals surface area (Å²) >= 11 is 0. The first-order valence-corrected chi connectivity index (χ1v) is 4.71. The Kier molecular flexibility index (Phi) is 3.76. The van der Waals surface area contributed by atoms with Gasteiger partial charge in [-0.05, 0) is 12.8 Å². The molecule has 0 amide bonds. The van der Waals surface area contributed by atoms with Crippen LogP contribution < -0.4 is 11.1 Å². The van der Waals surface area contributed by atoms with E-state index in [1.165, 1.54) is 0 Å². The highest BCUT2D eigenvalue weighted by atomic mass is 15.3. The van der Waals surface area contributed by atoms with E-state index < -0.39 is 0 Å². The second-order valence-corrected chi connectivity index (χ2v) is 3.26. The van der Waals surface area contributed by atoms with Crippen molar-refractivity contribution in [3.05, 3.63) is 12.3 Å². The average Bonchev–Trinajstić information content (AvgIpc) is 2.51. The summed E-state index contributed by atoms with van der Waals surface area (Å²) in [6.07, 6.45) is 3.94. The van der Waals surface area contributed by atoms with Gasteiger partial charge in [0.25, 0.3) is 0 Å². The second kappa shape index (κ2) is 4.87. The van der Waals surface area contributed by atoms with Crippen molar-refractivity contribution in [1.82, 2.24) is 9.78 Å². The highest BCUT2D eigenvalue weighted by Gasteiger charge is 1.99. The van der Waals surface area contributed by atoms with Gasteiger partial charge in [0.2, 0.25) is 0 Å². The smallest absolute Gasteiger partial charge is 0.147 e. The number of hydrogen-bond acceptors (Lipinski definition) is 3. The maximum atomic E-state index is 5.78. The van der Waals surface area contributed by atoms with E-state index in [2.05, 4.69) is 17.3 Å².